The molecule has 0 spiro atoms. The molecule has 0 unspecified atom stereocenters. The first-order chi connectivity index (χ1) is 5.86. The predicted octanol–water partition coefficient (Wildman–Crippen LogP) is 1.26. The number of aromatic nitrogens is 2. The largest absolute Gasteiger partial charge is 0.379 e. The molecule has 1 aromatic rings. The Kier molecular flexibility index (Phi) is 3.73. The summed E-state index contributed by atoms with van der Waals surface area (Å²) in [5.74, 6) is 0. The fourth-order valence-electron chi connectivity index (χ4n) is 0.967. The van der Waals surface area contributed by atoms with Gasteiger partial charge in [-0.05, 0) is 12.5 Å². The zero-order chi connectivity index (χ0) is 8.81. The third-order valence-electron chi connectivity index (χ3n) is 1.74. The Bertz CT molecular complexity index is 197. The lowest BCUT2D eigenvalue weighted by atomic mass is 10.3. The Labute approximate surface area is 71.1 Å². The lowest BCUT2D eigenvalue weighted by Crippen LogP contribution is -2.16. The fraction of sp³-hybridized carbons (Fsp3) is 0.625. The number of halogens is 1. The fourth-order valence-corrected chi connectivity index (χ4v) is 0.967. The van der Waals surface area contributed by atoms with Crippen LogP contribution in [-0.4, -0.2) is 29.7 Å². The second-order valence-corrected chi connectivity index (χ2v) is 2.57. The van der Waals surface area contributed by atoms with E-state index in [9.17, 15) is 4.39 Å². The summed E-state index contributed by atoms with van der Waals surface area (Å²) in [6.07, 6.45) is 3.92. The molecular weight excluding hydrogens is 159 g/mol. The molecule has 0 aliphatic carbocycles. The smallest absolute Gasteiger partial charge is 0.116 e. The molecule has 12 heavy (non-hydrogen) atoms. The first kappa shape index (κ1) is 9.19. The van der Waals surface area contributed by atoms with Crippen molar-refractivity contribution in [3.63, 3.8) is 0 Å². The normalized spacial score (nSPS) is 13.2. The lowest BCUT2D eigenvalue weighted by Gasteiger charge is -2.10. The van der Waals surface area contributed by atoms with Crippen molar-refractivity contribution in [3.8, 4) is 0 Å². The van der Waals surface area contributed by atoms with Crippen molar-refractivity contribution in [1.82, 2.24) is 9.78 Å². The van der Waals surface area contributed by atoms with Crippen LogP contribution >= 0.6 is 0 Å². The highest BCUT2D eigenvalue weighted by Gasteiger charge is 2.05. The summed E-state index contributed by atoms with van der Waals surface area (Å²) >= 11 is 0. The highest BCUT2D eigenvalue weighted by atomic mass is 19.1. The molecule has 0 aliphatic rings. The summed E-state index contributed by atoms with van der Waals surface area (Å²) < 4.78 is 18.8. The minimum Gasteiger partial charge on any atom is -0.379 e. The highest BCUT2D eigenvalue weighted by molar-refractivity contribution is 4.77. The van der Waals surface area contributed by atoms with Crippen LogP contribution in [0.1, 0.15) is 6.42 Å². The maximum Gasteiger partial charge on any atom is 0.116 e. The number of hydrogen-bond donors (Lipinski definition) is 0. The van der Waals surface area contributed by atoms with E-state index in [1.54, 1.807) is 10.9 Å². The summed E-state index contributed by atoms with van der Waals surface area (Å²) in [5.41, 5.74) is 0. The Morgan fingerprint density at radius 2 is 2.50 bits per heavy atom. The van der Waals surface area contributed by atoms with Crippen molar-refractivity contribution in [3.05, 3.63) is 18.5 Å². The van der Waals surface area contributed by atoms with E-state index >= 15 is 0 Å². The van der Waals surface area contributed by atoms with Crippen molar-refractivity contribution in [2.75, 3.05) is 13.8 Å². The molecule has 0 radical (unpaired) electrons. The lowest BCUT2D eigenvalue weighted by molar-refractivity contribution is 0.0684. The maximum atomic E-state index is 12.1. The quantitative estimate of drug-likeness (QED) is 0.668. The molecule has 4 heteroatoms. The van der Waals surface area contributed by atoms with Gasteiger partial charge < -0.3 is 4.74 Å². The van der Waals surface area contributed by atoms with E-state index < -0.39 is 6.67 Å². The monoisotopic (exact) mass is 172 g/mol. The first-order valence-corrected chi connectivity index (χ1v) is 3.93. The van der Waals surface area contributed by atoms with Gasteiger partial charge in [0.2, 0.25) is 0 Å². The van der Waals surface area contributed by atoms with Gasteiger partial charge in [-0.3, -0.25) is 4.68 Å². The molecule has 0 amide bonds. The van der Waals surface area contributed by atoms with E-state index in [4.69, 9.17) is 4.74 Å². The molecule has 0 saturated heterocycles. The van der Waals surface area contributed by atoms with Crippen LogP contribution in [0.3, 0.4) is 0 Å². The molecular formula is C8H13FN2O. The minimum absolute atomic E-state index is 0.297. The van der Waals surface area contributed by atoms with Gasteiger partial charge in [0.05, 0.1) is 6.10 Å². The second-order valence-electron chi connectivity index (χ2n) is 2.57. The SMILES string of the molecule is CO[C@H](CF)CCn1cccn1. The van der Waals surface area contributed by atoms with Crippen LogP contribution in [0.15, 0.2) is 18.5 Å². The van der Waals surface area contributed by atoms with E-state index in [0.717, 1.165) is 0 Å². The Hall–Kier alpha value is -0.900. The van der Waals surface area contributed by atoms with Crippen LogP contribution in [0.4, 0.5) is 4.39 Å². The van der Waals surface area contributed by atoms with Crippen LogP contribution < -0.4 is 0 Å². The standard InChI is InChI=1S/C8H13FN2O/c1-12-8(7-9)3-6-11-5-2-4-10-11/h2,4-5,8H,3,6-7H2,1H3/t8-/m0/s1. The second kappa shape index (κ2) is 4.87. The van der Waals surface area contributed by atoms with Crippen LogP contribution in [0, 0.1) is 0 Å². The van der Waals surface area contributed by atoms with E-state index in [1.165, 1.54) is 7.11 Å². The van der Waals surface area contributed by atoms with E-state index in [0.29, 0.717) is 13.0 Å². The molecule has 0 bridgehead atoms. The maximum absolute atomic E-state index is 12.1. The molecule has 0 aromatic carbocycles. The van der Waals surface area contributed by atoms with Crippen LogP contribution in [0.25, 0.3) is 0 Å². The molecule has 1 rings (SSSR count). The Balaban J connectivity index is 2.25. The van der Waals surface area contributed by atoms with Gasteiger partial charge in [0, 0.05) is 26.0 Å². The van der Waals surface area contributed by atoms with Crippen LogP contribution in [0.5, 0.6) is 0 Å². The van der Waals surface area contributed by atoms with Gasteiger partial charge in [-0.2, -0.15) is 5.10 Å². The van der Waals surface area contributed by atoms with E-state index in [-0.39, 0.29) is 6.10 Å². The minimum atomic E-state index is -0.433. The zero-order valence-corrected chi connectivity index (χ0v) is 7.11. The number of hydrogen-bond acceptors (Lipinski definition) is 2. The van der Waals surface area contributed by atoms with E-state index in [1.807, 2.05) is 12.3 Å². The third-order valence-corrected chi connectivity index (χ3v) is 1.74. The predicted molar refractivity (Wildman–Crippen MR) is 43.6 cm³/mol. The van der Waals surface area contributed by atoms with Gasteiger partial charge >= 0.3 is 0 Å². The van der Waals surface area contributed by atoms with Gasteiger partial charge in [0.1, 0.15) is 6.67 Å². The number of ether oxygens (including phenoxy) is 1. The van der Waals surface area contributed by atoms with Gasteiger partial charge in [-0.25, -0.2) is 4.39 Å². The number of nitrogens with zero attached hydrogens (tertiary/aromatic N) is 2. The third kappa shape index (κ3) is 2.62. The summed E-state index contributed by atoms with van der Waals surface area (Å²) in [5, 5.41) is 4.00. The van der Waals surface area contributed by atoms with Crippen molar-refractivity contribution >= 4 is 0 Å². The molecule has 0 N–H and O–H groups in total. The molecule has 1 heterocycles. The highest BCUT2D eigenvalue weighted by Crippen LogP contribution is 2.00. The molecule has 0 fully saturated rings. The number of methoxy groups -OCH3 is 1. The zero-order valence-electron chi connectivity index (χ0n) is 7.11. The summed E-state index contributed by atoms with van der Waals surface area (Å²) in [6, 6.07) is 1.84. The van der Waals surface area contributed by atoms with Gasteiger partial charge in [0.25, 0.3) is 0 Å². The van der Waals surface area contributed by atoms with Crippen molar-refractivity contribution < 1.29 is 9.13 Å². The topological polar surface area (TPSA) is 27.1 Å². The molecule has 68 valence electrons. The Morgan fingerprint density at radius 3 is 3.00 bits per heavy atom. The molecule has 3 nitrogen and oxygen atoms in total. The molecule has 1 aromatic heterocycles. The average Bonchev–Trinajstić information content (AvgIpc) is 2.59. The molecule has 1 atom stereocenters. The Morgan fingerprint density at radius 1 is 1.67 bits per heavy atom. The van der Waals surface area contributed by atoms with Crippen LogP contribution in [0.2, 0.25) is 0 Å². The van der Waals surface area contributed by atoms with Gasteiger partial charge in [0.15, 0.2) is 0 Å². The van der Waals surface area contributed by atoms with Crippen molar-refractivity contribution in [2.45, 2.75) is 19.1 Å². The number of rotatable bonds is 5. The van der Waals surface area contributed by atoms with E-state index in [2.05, 4.69) is 5.10 Å². The van der Waals surface area contributed by atoms with Crippen molar-refractivity contribution in [2.24, 2.45) is 0 Å². The van der Waals surface area contributed by atoms with Gasteiger partial charge in [-0.15, -0.1) is 0 Å². The number of alkyl halides is 1. The molecule has 0 saturated carbocycles. The summed E-state index contributed by atoms with van der Waals surface area (Å²) in [4.78, 5) is 0. The summed E-state index contributed by atoms with van der Waals surface area (Å²) in [7, 11) is 1.52. The number of aryl methyl sites for hydroxylation is 1. The van der Waals surface area contributed by atoms with Crippen LogP contribution in [-0.2, 0) is 11.3 Å². The van der Waals surface area contributed by atoms with Crippen molar-refractivity contribution in [1.29, 1.82) is 0 Å². The average molecular weight is 172 g/mol. The summed E-state index contributed by atoms with van der Waals surface area (Å²) in [6.45, 7) is 0.271. The van der Waals surface area contributed by atoms with Gasteiger partial charge in [-0.1, -0.05) is 0 Å². The molecule has 0 aliphatic heterocycles. The first-order valence-electron chi connectivity index (χ1n) is 3.93.